The standard InChI is InChI=1S/C23H23N5O4/c1-14-7-8-18-20(24-14)25-23(32-18)27-11-9-26(10-12-27)19(29)13-15(2)28-21(30)16-5-3-4-6-17(16)22(28)31/h3-8,15H,9-13H2,1-2H3. The third-order valence-corrected chi connectivity index (χ3v) is 6.02. The third-order valence-electron chi connectivity index (χ3n) is 6.02. The lowest BCUT2D eigenvalue weighted by Gasteiger charge is -2.34. The van der Waals surface area contributed by atoms with Crippen molar-refractivity contribution in [3.63, 3.8) is 0 Å². The van der Waals surface area contributed by atoms with Gasteiger partial charge in [0.2, 0.25) is 11.6 Å². The summed E-state index contributed by atoms with van der Waals surface area (Å²) in [5.74, 6) is -0.755. The first kappa shape index (κ1) is 20.2. The number of nitrogens with zero attached hydrogens (tertiary/aromatic N) is 5. The number of fused-ring (bicyclic) bond motifs is 2. The Labute approximate surface area is 184 Å². The van der Waals surface area contributed by atoms with E-state index in [4.69, 9.17) is 4.42 Å². The number of rotatable bonds is 4. The average Bonchev–Trinajstić information content (AvgIpc) is 3.32. The Bertz CT molecular complexity index is 1190. The highest BCUT2D eigenvalue weighted by Crippen LogP contribution is 2.26. The molecule has 0 N–H and O–H groups in total. The molecule has 3 amide bonds. The van der Waals surface area contributed by atoms with Crippen molar-refractivity contribution in [3.05, 3.63) is 53.2 Å². The van der Waals surface area contributed by atoms with Crippen molar-refractivity contribution < 1.29 is 18.8 Å². The molecule has 9 nitrogen and oxygen atoms in total. The van der Waals surface area contributed by atoms with Crippen molar-refractivity contribution in [1.29, 1.82) is 0 Å². The van der Waals surface area contributed by atoms with E-state index in [0.717, 1.165) is 5.69 Å². The molecule has 164 valence electrons. The van der Waals surface area contributed by atoms with Crippen LogP contribution in [0.25, 0.3) is 11.2 Å². The number of aryl methyl sites for hydroxylation is 1. The number of piperazine rings is 1. The molecule has 9 heteroatoms. The van der Waals surface area contributed by atoms with Crippen LogP contribution in [0.4, 0.5) is 6.01 Å². The van der Waals surface area contributed by atoms with Crippen molar-refractivity contribution >= 4 is 35.0 Å². The van der Waals surface area contributed by atoms with Crippen LogP contribution in [0.5, 0.6) is 0 Å². The maximum absolute atomic E-state index is 12.9. The maximum Gasteiger partial charge on any atom is 0.300 e. The van der Waals surface area contributed by atoms with Gasteiger partial charge in [0.15, 0.2) is 5.58 Å². The first-order valence-electron chi connectivity index (χ1n) is 10.7. The van der Waals surface area contributed by atoms with Crippen molar-refractivity contribution in [1.82, 2.24) is 19.8 Å². The molecule has 1 unspecified atom stereocenters. The fourth-order valence-electron chi connectivity index (χ4n) is 4.27. The molecule has 2 aliphatic rings. The van der Waals surface area contributed by atoms with E-state index in [1.807, 2.05) is 24.0 Å². The van der Waals surface area contributed by atoms with Crippen LogP contribution in [-0.4, -0.2) is 69.7 Å². The number of hydrogen-bond donors (Lipinski definition) is 0. The quantitative estimate of drug-likeness (QED) is 0.582. The van der Waals surface area contributed by atoms with Crippen LogP contribution in [0.3, 0.4) is 0 Å². The Kier molecular flexibility index (Phi) is 4.88. The summed E-state index contributed by atoms with van der Waals surface area (Å²) in [5, 5.41) is 0. The Morgan fingerprint density at radius 2 is 1.66 bits per heavy atom. The fraction of sp³-hybridized carbons (Fsp3) is 0.348. The zero-order chi connectivity index (χ0) is 22.4. The molecule has 1 fully saturated rings. The minimum Gasteiger partial charge on any atom is -0.422 e. The van der Waals surface area contributed by atoms with Crippen molar-refractivity contribution in [2.24, 2.45) is 0 Å². The highest BCUT2D eigenvalue weighted by atomic mass is 16.4. The van der Waals surface area contributed by atoms with Crippen molar-refractivity contribution in [2.45, 2.75) is 26.3 Å². The van der Waals surface area contributed by atoms with Crippen molar-refractivity contribution in [3.8, 4) is 0 Å². The minimum atomic E-state index is -0.515. The zero-order valence-electron chi connectivity index (χ0n) is 17.9. The topological polar surface area (TPSA) is 99.9 Å². The number of aromatic nitrogens is 2. The summed E-state index contributed by atoms with van der Waals surface area (Å²) in [4.78, 5) is 52.0. The highest BCUT2D eigenvalue weighted by molar-refractivity contribution is 6.21. The van der Waals surface area contributed by atoms with E-state index in [1.165, 1.54) is 4.90 Å². The first-order chi connectivity index (χ1) is 15.4. The van der Waals surface area contributed by atoms with E-state index >= 15 is 0 Å². The third kappa shape index (κ3) is 3.39. The van der Waals surface area contributed by atoms with Crippen LogP contribution in [0.2, 0.25) is 0 Å². The average molecular weight is 433 g/mol. The molecule has 0 radical (unpaired) electrons. The summed E-state index contributed by atoms with van der Waals surface area (Å²) in [6.45, 7) is 5.83. The van der Waals surface area contributed by atoms with E-state index in [1.54, 1.807) is 36.1 Å². The SMILES string of the molecule is Cc1ccc2oc(N3CCN(C(=O)CC(C)N4C(=O)c5ccccc5C4=O)CC3)nc2n1. The molecule has 2 aromatic heterocycles. The van der Waals surface area contributed by atoms with Crippen LogP contribution in [0.1, 0.15) is 39.8 Å². The molecule has 3 aromatic rings. The maximum atomic E-state index is 12.9. The number of hydrogen-bond acceptors (Lipinski definition) is 7. The summed E-state index contributed by atoms with van der Waals surface area (Å²) in [7, 11) is 0. The normalized spacial score (nSPS) is 17.2. The summed E-state index contributed by atoms with van der Waals surface area (Å²) in [6, 6.07) is 10.5. The fourth-order valence-corrected chi connectivity index (χ4v) is 4.27. The second-order valence-corrected chi connectivity index (χ2v) is 8.22. The predicted octanol–water partition coefficient (Wildman–Crippen LogP) is 2.25. The van der Waals surface area contributed by atoms with E-state index < -0.39 is 6.04 Å². The lowest BCUT2D eigenvalue weighted by Crippen LogP contribution is -2.50. The van der Waals surface area contributed by atoms with E-state index in [9.17, 15) is 14.4 Å². The van der Waals surface area contributed by atoms with E-state index in [0.29, 0.717) is 54.6 Å². The number of anilines is 1. The number of amides is 3. The number of carbonyl (C=O) groups excluding carboxylic acids is 3. The lowest BCUT2D eigenvalue weighted by molar-refractivity contribution is -0.132. The second-order valence-electron chi connectivity index (χ2n) is 8.22. The van der Waals surface area contributed by atoms with Crippen LogP contribution < -0.4 is 4.90 Å². The van der Waals surface area contributed by atoms with Crippen LogP contribution in [0.15, 0.2) is 40.8 Å². The van der Waals surface area contributed by atoms with Gasteiger partial charge >= 0.3 is 0 Å². The highest BCUT2D eigenvalue weighted by Gasteiger charge is 2.39. The number of carbonyl (C=O) groups is 3. The molecular weight excluding hydrogens is 410 g/mol. The van der Waals surface area contributed by atoms with E-state index in [-0.39, 0.29) is 24.1 Å². The Morgan fingerprint density at radius 3 is 2.31 bits per heavy atom. The Hall–Kier alpha value is -3.75. The molecule has 5 rings (SSSR count). The Balaban J connectivity index is 1.20. The molecule has 2 aliphatic heterocycles. The molecular formula is C23H23N5O4. The van der Waals surface area contributed by atoms with E-state index in [2.05, 4.69) is 9.97 Å². The van der Waals surface area contributed by atoms with Gasteiger partial charge in [0, 0.05) is 44.3 Å². The second kappa shape index (κ2) is 7.74. The number of benzene rings is 1. The molecule has 1 saturated heterocycles. The zero-order valence-corrected chi connectivity index (χ0v) is 17.9. The molecule has 0 aliphatic carbocycles. The van der Waals surface area contributed by atoms with Gasteiger partial charge in [0.25, 0.3) is 17.8 Å². The van der Waals surface area contributed by atoms with Gasteiger partial charge in [-0.2, -0.15) is 4.98 Å². The van der Waals surface area contributed by atoms with Crippen LogP contribution >= 0.6 is 0 Å². The van der Waals surface area contributed by atoms with Crippen LogP contribution in [-0.2, 0) is 4.79 Å². The summed E-state index contributed by atoms with van der Waals surface area (Å²) in [5.41, 5.74) is 2.88. The minimum absolute atomic E-state index is 0.0800. The first-order valence-corrected chi connectivity index (χ1v) is 10.7. The monoisotopic (exact) mass is 433 g/mol. The molecule has 1 aromatic carbocycles. The number of oxazole rings is 1. The van der Waals surface area contributed by atoms with Crippen LogP contribution in [0, 0.1) is 6.92 Å². The number of pyridine rings is 1. The van der Waals surface area contributed by atoms with Gasteiger partial charge in [-0.05, 0) is 38.1 Å². The Morgan fingerprint density at radius 1 is 1.00 bits per heavy atom. The molecule has 4 heterocycles. The summed E-state index contributed by atoms with van der Waals surface area (Å²) >= 11 is 0. The summed E-state index contributed by atoms with van der Waals surface area (Å²) in [6.07, 6.45) is 0.0948. The van der Waals surface area contributed by atoms with Gasteiger partial charge in [-0.25, -0.2) is 4.98 Å². The summed E-state index contributed by atoms with van der Waals surface area (Å²) < 4.78 is 5.81. The molecule has 0 saturated carbocycles. The molecule has 0 spiro atoms. The van der Waals surface area contributed by atoms with Crippen molar-refractivity contribution in [2.75, 3.05) is 31.1 Å². The molecule has 1 atom stereocenters. The van der Waals surface area contributed by atoms with Gasteiger partial charge in [0.05, 0.1) is 11.1 Å². The lowest BCUT2D eigenvalue weighted by atomic mass is 10.1. The largest absolute Gasteiger partial charge is 0.422 e. The molecule has 32 heavy (non-hydrogen) atoms. The van der Waals surface area contributed by atoms with Gasteiger partial charge < -0.3 is 14.2 Å². The molecule has 0 bridgehead atoms. The predicted molar refractivity (Wildman–Crippen MR) is 116 cm³/mol. The van der Waals surface area contributed by atoms with Gasteiger partial charge in [-0.3, -0.25) is 19.3 Å². The number of imide groups is 1. The van der Waals surface area contributed by atoms with Gasteiger partial charge in [-0.1, -0.05) is 12.1 Å². The van der Waals surface area contributed by atoms with Gasteiger partial charge in [-0.15, -0.1) is 0 Å². The van der Waals surface area contributed by atoms with Gasteiger partial charge in [0.1, 0.15) is 0 Å². The smallest absolute Gasteiger partial charge is 0.300 e.